The van der Waals surface area contributed by atoms with Crippen molar-refractivity contribution < 1.29 is 18.3 Å². The minimum atomic E-state index is -1.27. The summed E-state index contributed by atoms with van der Waals surface area (Å²) >= 11 is 0. The van der Waals surface area contributed by atoms with E-state index in [4.69, 9.17) is 4.74 Å². The summed E-state index contributed by atoms with van der Waals surface area (Å²) in [4.78, 5) is 18.2. The number of hydrogen-bond acceptors (Lipinski definition) is 4. The van der Waals surface area contributed by atoms with Gasteiger partial charge in [0.15, 0.2) is 0 Å². The molecule has 1 aliphatic rings. The Hall–Kier alpha value is -2.44. The van der Waals surface area contributed by atoms with E-state index in [1.165, 1.54) is 6.07 Å². The number of amides is 1. The molecule has 1 aromatic heterocycles. The molecule has 2 unspecified atom stereocenters. The molecule has 1 aliphatic heterocycles. The van der Waals surface area contributed by atoms with Crippen LogP contribution in [0.15, 0.2) is 24.3 Å². The van der Waals surface area contributed by atoms with Gasteiger partial charge in [-0.3, -0.25) is 4.98 Å². The normalized spacial score (nSPS) is 20.6. The lowest BCUT2D eigenvalue weighted by Gasteiger charge is -2.37. The Balaban J connectivity index is 1.75. The molecule has 0 radical (unpaired) electrons. The molecule has 2 aromatic rings. The molecule has 1 N–H and O–H groups in total. The van der Waals surface area contributed by atoms with Crippen molar-refractivity contribution in [2.75, 3.05) is 18.0 Å². The lowest BCUT2D eigenvalue weighted by Crippen LogP contribution is -2.53. The maximum absolute atomic E-state index is 14.7. The second-order valence-corrected chi connectivity index (χ2v) is 7.92. The summed E-state index contributed by atoms with van der Waals surface area (Å²) in [5, 5.41) is 3.03. The minimum absolute atomic E-state index is 0.0941. The summed E-state index contributed by atoms with van der Waals surface area (Å²) in [6, 6.07) is 5.85. The topological polar surface area (TPSA) is 54.5 Å². The molecule has 0 saturated carbocycles. The molecule has 2 atom stereocenters. The molecule has 0 bridgehead atoms. The monoisotopic (exact) mass is 377 g/mol. The largest absolute Gasteiger partial charge is 0.444 e. The summed E-state index contributed by atoms with van der Waals surface area (Å²) in [7, 11) is 0. The molecule has 7 heteroatoms. The third-order valence-corrected chi connectivity index (χ3v) is 4.51. The van der Waals surface area contributed by atoms with E-state index in [2.05, 4.69) is 10.3 Å². The van der Waals surface area contributed by atoms with E-state index in [0.29, 0.717) is 29.6 Å². The van der Waals surface area contributed by atoms with Crippen LogP contribution in [0.25, 0.3) is 10.9 Å². The number of nitrogens with zero attached hydrogens (tertiary/aromatic N) is 2. The van der Waals surface area contributed by atoms with Crippen LogP contribution >= 0.6 is 0 Å². The van der Waals surface area contributed by atoms with E-state index in [9.17, 15) is 13.6 Å². The van der Waals surface area contributed by atoms with Crippen molar-refractivity contribution in [1.82, 2.24) is 10.3 Å². The van der Waals surface area contributed by atoms with Crippen LogP contribution in [-0.4, -0.2) is 42.0 Å². The van der Waals surface area contributed by atoms with Gasteiger partial charge >= 0.3 is 6.09 Å². The Labute approximate surface area is 157 Å². The molecule has 2 heterocycles. The van der Waals surface area contributed by atoms with Gasteiger partial charge in [-0.1, -0.05) is 0 Å². The molecule has 1 amide bonds. The van der Waals surface area contributed by atoms with Gasteiger partial charge in [0.25, 0.3) is 0 Å². The summed E-state index contributed by atoms with van der Waals surface area (Å²) in [6.45, 7) is 7.74. The molecule has 0 spiro atoms. The average Bonchev–Trinajstić information content (AvgIpc) is 2.55. The quantitative estimate of drug-likeness (QED) is 0.855. The molecule has 1 fully saturated rings. The van der Waals surface area contributed by atoms with Crippen LogP contribution in [-0.2, 0) is 4.74 Å². The van der Waals surface area contributed by atoms with Gasteiger partial charge in [-0.2, -0.15) is 0 Å². The van der Waals surface area contributed by atoms with Crippen LogP contribution in [0, 0.1) is 12.7 Å². The van der Waals surface area contributed by atoms with E-state index >= 15 is 0 Å². The number of aryl methyl sites for hydroxylation is 1. The first-order valence-corrected chi connectivity index (χ1v) is 9.08. The van der Waals surface area contributed by atoms with Crippen LogP contribution in [0.5, 0.6) is 0 Å². The highest BCUT2D eigenvalue weighted by molar-refractivity contribution is 5.91. The molecular formula is C20H25F2N3O2. The van der Waals surface area contributed by atoms with E-state index in [1.807, 2.05) is 11.8 Å². The van der Waals surface area contributed by atoms with Gasteiger partial charge in [-0.25, -0.2) is 13.6 Å². The number of anilines is 1. The number of nitrogens with one attached hydrogen (secondary N) is 1. The van der Waals surface area contributed by atoms with Crippen molar-refractivity contribution in [1.29, 1.82) is 0 Å². The number of alkyl carbamates (subject to hydrolysis) is 1. The summed E-state index contributed by atoms with van der Waals surface area (Å²) in [5.41, 5.74) is 1.37. The van der Waals surface area contributed by atoms with E-state index < -0.39 is 23.9 Å². The molecule has 0 aliphatic carbocycles. The fraction of sp³-hybridized carbons (Fsp3) is 0.500. The smallest absolute Gasteiger partial charge is 0.407 e. The van der Waals surface area contributed by atoms with Crippen molar-refractivity contribution in [2.24, 2.45) is 0 Å². The second kappa shape index (κ2) is 7.29. The summed E-state index contributed by atoms with van der Waals surface area (Å²) < 4.78 is 34.0. The minimum Gasteiger partial charge on any atom is -0.444 e. The molecule has 1 saturated heterocycles. The number of fused-ring (bicyclic) bond motifs is 1. The van der Waals surface area contributed by atoms with Crippen LogP contribution in [0.3, 0.4) is 0 Å². The van der Waals surface area contributed by atoms with Gasteiger partial charge in [0.05, 0.1) is 23.8 Å². The molecule has 1 aromatic carbocycles. The second-order valence-electron chi connectivity index (χ2n) is 7.92. The standard InChI is InChI=1S/C20H25F2N3O2/c1-12-5-6-13-14(21)7-8-17(18(13)23-12)25-10-9-16(15(22)11-25)24-19(26)27-20(2,3)4/h5-8,15-16H,9-11H2,1-4H3,(H,24,26). The zero-order valence-corrected chi connectivity index (χ0v) is 16.1. The van der Waals surface area contributed by atoms with Crippen molar-refractivity contribution in [2.45, 2.75) is 51.9 Å². The lowest BCUT2D eigenvalue weighted by atomic mass is 10.0. The number of halogens is 2. The number of alkyl halides is 1. The first-order chi connectivity index (χ1) is 12.6. The van der Waals surface area contributed by atoms with Gasteiger partial charge in [-0.05, 0) is 58.4 Å². The maximum atomic E-state index is 14.7. The van der Waals surface area contributed by atoms with Crippen LogP contribution < -0.4 is 10.2 Å². The number of carbonyl (C=O) groups is 1. The highest BCUT2D eigenvalue weighted by Gasteiger charge is 2.32. The van der Waals surface area contributed by atoms with E-state index in [-0.39, 0.29) is 12.4 Å². The predicted molar refractivity (Wildman–Crippen MR) is 101 cm³/mol. The number of ether oxygens (including phenoxy) is 1. The fourth-order valence-corrected chi connectivity index (χ4v) is 3.27. The molecular weight excluding hydrogens is 352 g/mol. The first-order valence-electron chi connectivity index (χ1n) is 9.08. The highest BCUT2D eigenvalue weighted by Crippen LogP contribution is 2.30. The molecule has 3 rings (SSSR count). The number of carbonyl (C=O) groups excluding carboxylic acids is 1. The Morgan fingerprint density at radius 3 is 2.70 bits per heavy atom. The van der Waals surface area contributed by atoms with Crippen molar-refractivity contribution in [3.8, 4) is 0 Å². The Bertz CT molecular complexity index is 851. The van der Waals surface area contributed by atoms with E-state index in [0.717, 1.165) is 5.69 Å². The molecule has 27 heavy (non-hydrogen) atoms. The van der Waals surface area contributed by atoms with Crippen molar-refractivity contribution >= 4 is 22.7 Å². The number of pyridine rings is 1. The first kappa shape index (κ1) is 19.3. The SMILES string of the molecule is Cc1ccc2c(F)ccc(N3CCC(NC(=O)OC(C)(C)C)C(F)C3)c2n1. The average molecular weight is 377 g/mol. The number of aromatic nitrogens is 1. The summed E-state index contributed by atoms with van der Waals surface area (Å²) in [6.07, 6.45) is -1.46. The number of hydrogen-bond donors (Lipinski definition) is 1. The Morgan fingerprint density at radius 1 is 1.30 bits per heavy atom. The van der Waals surface area contributed by atoms with E-state index in [1.54, 1.807) is 39.0 Å². The van der Waals surface area contributed by atoms with Crippen LogP contribution in [0.1, 0.15) is 32.9 Å². The van der Waals surface area contributed by atoms with Crippen LogP contribution in [0.4, 0.5) is 19.3 Å². The van der Waals surface area contributed by atoms with Crippen LogP contribution in [0.2, 0.25) is 0 Å². The van der Waals surface area contributed by atoms with Gasteiger partial charge < -0.3 is 15.0 Å². The highest BCUT2D eigenvalue weighted by atomic mass is 19.1. The maximum Gasteiger partial charge on any atom is 0.407 e. The third-order valence-electron chi connectivity index (χ3n) is 4.51. The van der Waals surface area contributed by atoms with Crippen molar-refractivity contribution in [3.63, 3.8) is 0 Å². The zero-order chi connectivity index (χ0) is 19.8. The molecule has 146 valence electrons. The Morgan fingerprint density at radius 2 is 2.04 bits per heavy atom. The fourth-order valence-electron chi connectivity index (χ4n) is 3.27. The van der Waals surface area contributed by atoms with Gasteiger partial charge in [0, 0.05) is 17.6 Å². The lowest BCUT2D eigenvalue weighted by molar-refractivity contribution is 0.0463. The number of piperidine rings is 1. The van der Waals surface area contributed by atoms with Gasteiger partial charge in [0.1, 0.15) is 17.6 Å². The number of rotatable bonds is 2. The van der Waals surface area contributed by atoms with Gasteiger partial charge in [0.2, 0.25) is 0 Å². The third kappa shape index (κ3) is 4.46. The zero-order valence-electron chi connectivity index (χ0n) is 16.1. The number of benzene rings is 1. The summed E-state index contributed by atoms with van der Waals surface area (Å²) in [5.74, 6) is -0.348. The predicted octanol–water partition coefficient (Wildman–Crippen LogP) is 4.12. The Kier molecular flexibility index (Phi) is 5.22. The van der Waals surface area contributed by atoms with Crippen molar-refractivity contribution in [3.05, 3.63) is 35.8 Å². The molecule has 5 nitrogen and oxygen atoms in total. The van der Waals surface area contributed by atoms with Gasteiger partial charge in [-0.15, -0.1) is 0 Å².